The number of rotatable bonds is 4. The summed E-state index contributed by atoms with van der Waals surface area (Å²) in [5.41, 5.74) is 1.17. The zero-order valence-corrected chi connectivity index (χ0v) is 8.51. The van der Waals surface area contributed by atoms with E-state index in [2.05, 4.69) is 22.9 Å². The van der Waals surface area contributed by atoms with Crippen molar-refractivity contribution in [2.75, 3.05) is 11.9 Å². The van der Waals surface area contributed by atoms with Crippen LogP contribution in [0.3, 0.4) is 0 Å². The molecular formula is C10H12BrO. The van der Waals surface area contributed by atoms with Crippen LogP contribution in [0.4, 0.5) is 0 Å². The first-order valence-electron chi connectivity index (χ1n) is 3.94. The third-order valence-electron chi connectivity index (χ3n) is 1.58. The number of halogens is 1. The summed E-state index contributed by atoms with van der Waals surface area (Å²) < 4.78 is 5.49. The van der Waals surface area contributed by atoms with Crippen LogP contribution in [0.15, 0.2) is 24.3 Å². The Labute approximate surface area is 81.9 Å². The van der Waals surface area contributed by atoms with Crippen molar-refractivity contribution in [3.8, 4) is 5.75 Å². The Bertz CT molecular complexity index is 235. The molecule has 0 spiro atoms. The van der Waals surface area contributed by atoms with E-state index in [9.17, 15) is 0 Å². The molecule has 0 N–H and O–H groups in total. The molecule has 0 aromatic heterocycles. The summed E-state index contributed by atoms with van der Waals surface area (Å²) in [6.45, 7) is 4.54. The van der Waals surface area contributed by atoms with E-state index < -0.39 is 0 Å². The van der Waals surface area contributed by atoms with Gasteiger partial charge < -0.3 is 4.74 Å². The fraction of sp³-hybridized carbons (Fsp3) is 0.300. The predicted octanol–water partition coefficient (Wildman–Crippen LogP) is 2.84. The van der Waals surface area contributed by atoms with Gasteiger partial charge in [0.1, 0.15) is 5.75 Å². The molecule has 12 heavy (non-hydrogen) atoms. The summed E-state index contributed by atoms with van der Waals surface area (Å²) in [6, 6.07) is 7.99. The van der Waals surface area contributed by atoms with E-state index in [0.29, 0.717) is 6.61 Å². The van der Waals surface area contributed by atoms with Gasteiger partial charge in [-0.15, -0.1) is 0 Å². The largest absolute Gasteiger partial charge is 0.492 e. The predicted molar refractivity (Wildman–Crippen MR) is 54.8 cm³/mol. The van der Waals surface area contributed by atoms with Crippen molar-refractivity contribution in [3.63, 3.8) is 0 Å². The molecule has 1 aromatic rings. The Morgan fingerprint density at radius 2 is 2.08 bits per heavy atom. The lowest BCUT2D eigenvalue weighted by molar-refractivity contribution is 0.342. The Kier molecular flexibility index (Phi) is 4.15. The van der Waals surface area contributed by atoms with Gasteiger partial charge in [0.15, 0.2) is 0 Å². The summed E-state index contributed by atoms with van der Waals surface area (Å²) >= 11 is 3.31. The van der Waals surface area contributed by atoms with Crippen LogP contribution in [0.2, 0.25) is 0 Å². The first-order chi connectivity index (χ1) is 5.88. The molecule has 0 aliphatic heterocycles. The Hall–Kier alpha value is -0.500. The molecule has 0 aliphatic carbocycles. The van der Waals surface area contributed by atoms with Crippen LogP contribution in [-0.4, -0.2) is 11.9 Å². The topological polar surface area (TPSA) is 9.23 Å². The first-order valence-corrected chi connectivity index (χ1v) is 5.06. The number of hydrogen-bond donors (Lipinski definition) is 0. The fourth-order valence-electron chi connectivity index (χ4n) is 1.000. The van der Waals surface area contributed by atoms with Gasteiger partial charge in [-0.1, -0.05) is 34.1 Å². The monoisotopic (exact) mass is 227 g/mol. The number of benzene rings is 1. The highest BCUT2D eigenvalue weighted by molar-refractivity contribution is 9.09. The minimum atomic E-state index is 0.705. The van der Waals surface area contributed by atoms with E-state index in [0.717, 1.165) is 17.5 Å². The Morgan fingerprint density at radius 3 is 2.75 bits per heavy atom. The molecule has 0 amide bonds. The van der Waals surface area contributed by atoms with Crippen LogP contribution in [0.25, 0.3) is 0 Å². The number of alkyl halides is 1. The van der Waals surface area contributed by atoms with Gasteiger partial charge in [-0.3, -0.25) is 0 Å². The lowest BCUT2D eigenvalue weighted by Crippen LogP contribution is -2.00. The van der Waals surface area contributed by atoms with Crippen LogP contribution >= 0.6 is 15.9 Å². The summed E-state index contributed by atoms with van der Waals surface area (Å²) in [5, 5.41) is 0.860. The zero-order valence-electron chi connectivity index (χ0n) is 6.92. The van der Waals surface area contributed by atoms with Crippen molar-refractivity contribution in [2.24, 2.45) is 0 Å². The van der Waals surface area contributed by atoms with Crippen molar-refractivity contribution < 1.29 is 4.74 Å². The lowest BCUT2D eigenvalue weighted by Gasteiger charge is -2.07. The lowest BCUT2D eigenvalue weighted by atomic mass is 10.1. The third-order valence-corrected chi connectivity index (χ3v) is 1.90. The normalized spacial score (nSPS) is 9.83. The van der Waals surface area contributed by atoms with Crippen LogP contribution < -0.4 is 4.74 Å². The standard InChI is InChI=1S/C10H12BrO/c1-2-9-5-3-4-6-10(9)12-8-7-11/h3-6H,1-2,7-8H2. The van der Waals surface area contributed by atoms with Crippen LogP contribution in [0, 0.1) is 6.92 Å². The average Bonchev–Trinajstić information content (AvgIpc) is 2.15. The highest BCUT2D eigenvalue weighted by Crippen LogP contribution is 2.17. The molecular weight excluding hydrogens is 216 g/mol. The second kappa shape index (κ2) is 5.20. The van der Waals surface area contributed by atoms with Gasteiger partial charge in [0.2, 0.25) is 0 Å². The van der Waals surface area contributed by atoms with Crippen LogP contribution in [0.1, 0.15) is 5.56 Å². The molecule has 0 fully saturated rings. The molecule has 0 heterocycles. The smallest absolute Gasteiger partial charge is 0.122 e. The summed E-state index contributed by atoms with van der Waals surface area (Å²) in [4.78, 5) is 0. The van der Waals surface area contributed by atoms with E-state index in [1.807, 2.05) is 24.3 Å². The van der Waals surface area contributed by atoms with Gasteiger partial charge in [0, 0.05) is 5.33 Å². The molecule has 0 unspecified atom stereocenters. The molecule has 0 aliphatic rings. The Balaban J connectivity index is 2.68. The molecule has 0 saturated heterocycles. The van der Waals surface area contributed by atoms with Gasteiger partial charge in [0.05, 0.1) is 6.61 Å². The first kappa shape index (κ1) is 9.59. The van der Waals surface area contributed by atoms with E-state index >= 15 is 0 Å². The number of ether oxygens (including phenoxy) is 1. The summed E-state index contributed by atoms with van der Waals surface area (Å²) in [6.07, 6.45) is 0.776. The number of hydrogen-bond acceptors (Lipinski definition) is 1. The molecule has 1 aromatic carbocycles. The van der Waals surface area contributed by atoms with E-state index in [4.69, 9.17) is 4.74 Å². The van der Waals surface area contributed by atoms with Gasteiger partial charge in [-0.25, -0.2) is 0 Å². The van der Waals surface area contributed by atoms with Gasteiger partial charge in [-0.2, -0.15) is 0 Å². The maximum Gasteiger partial charge on any atom is 0.122 e. The van der Waals surface area contributed by atoms with Crippen molar-refractivity contribution in [1.82, 2.24) is 0 Å². The van der Waals surface area contributed by atoms with Crippen molar-refractivity contribution >= 4 is 15.9 Å². The fourth-order valence-corrected chi connectivity index (χ4v) is 1.16. The minimum Gasteiger partial charge on any atom is -0.492 e. The molecule has 0 atom stereocenters. The van der Waals surface area contributed by atoms with E-state index in [1.165, 1.54) is 5.56 Å². The summed E-state index contributed by atoms with van der Waals surface area (Å²) in [7, 11) is 0. The quantitative estimate of drug-likeness (QED) is 0.720. The Morgan fingerprint density at radius 1 is 1.33 bits per heavy atom. The van der Waals surface area contributed by atoms with E-state index in [-0.39, 0.29) is 0 Å². The highest BCUT2D eigenvalue weighted by atomic mass is 79.9. The molecule has 2 heteroatoms. The summed E-state index contributed by atoms with van der Waals surface area (Å²) in [5.74, 6) is 0.951. The molecule has 0 saturated carbocycles. The van der Waals surface area contributed by atoms with Gasteiger partial charge >= 0.3 is 0 Å². The molecule has 1 rings (SSSR count). The molecule has 1 nitrogen and oxygen atoms in total. The molecule has 65 valence electrons. The van der Waals surface area contributed by atoms with Crippen molar-refractivity contribution in [1.29, 1.82) is 0 Å². The van der Waals surface area contributed by atoms with Crippen molar-refractivity contribution in [3.05, 3.63) is 36.8 Å². The maximum absolute atomic E-state index is 5.49. The van der Waals surface area contributed by atoms with Crippen LogP contribution in [0.5, 0.6) is 5.75 Å². The third kappa shape index (κ3) is 2.52. The highest BCUT2D eigenvalue weighted by Gasteiger charge is 1.98. The van der Waals surface area contributed by atoms with E-state index in [1.54, 1.807) is 0 Å². The molecule has 1 radical (unpaired) electrons. The second-order valence-electron chi connectivity index (χ2n) is 2.40. The minimum absolute atomic E-state index is 0.705. The SMILES string of the molecule is [CH2]Cc1ccccc1OCCBr. The van der Waals surface area contributed by atoms with Gasteiger partial charge in [-0.05, 0) is 25.0 Å². The molecule has 0 bridgehead atoms. The number of para-hydroxylation sites is 1. The van der Waals surface area contributed by atoms with Gasteiger partial charge in [0.25, 0.3) is 0 Å². The maximum atomic E-state index is 5.49. The zero-order chi connectivity index (χ0) is 8.81. The van der Waals surface area contributed by atoms with Crippen LogP contribution in [-0.2, 0) is 6.42 Å². The second-order valence-corrected chi connectivity index (χ2v) is 3.19. The van der Waals surface area contributed by atoms with Crippen molar-refractivity contribution in [2.45, 2.75) is 6.42 Å². The average molecular weight is 228 g/mol.